The molecule has 102 valence electrons. The van der Waals surface area contributed by atoms with Crippen molar-refractivity contribution in [2.75, 3.05) is 20.3 Å². The largest absolute Gasteiger partial charge is 0.383 e. The number of benzene rings is 1. The van der Waals surface area contributed by atoms with E-state index in [-0.39, 0.29) is 0 Å². The molecule has 1 aromatic heterocycles. The highest BCUT2D eigenvalue weighted by molar-refractivity contribution is 7.99. The SMILES string of the molecule is COCCNCc1ccccc1Sc1cnn(C)c1. The van der Waals surface area contributed by atoms with Crippen molar-refractivity contribution in [3.05, 3.63) is 42.2 Å². The summed E-state index contributed by atoms with van der Waals surface area (Å²) in [4.78, 5) is 2.42. The second kappa shape index (κ2) is 7.33. The minimum absolute atomic E-state index is 0.734. The third-order valence-corrected chi connectivity index (χ3v) is 3.74. The molecule has 4 nitrogen and oxygen atoms in total. The number of nitrogens with zero attached hydrogens (tertiary/aromatic N) is 2. The van der Waals surface area contributed by atoms with Crippen molar-refractivity contribution in [3.8, 4) is 0 Å². The van der Waals surface area contributed by atoms with Crippen LogP contribution in [0.5, 0.6) is 0 Å². The van der Waals surface area contributed by atoms with Crippen molar-refractivity contribution >= 4 is 11.8 Å². The van der Waals surface area contributed by atoms with E-state index in [1.54, 1.807) is 18.9 Å². The third kappa shape index (κ3) is 4.38. The molecule has 0 aliphatic carbocycles. The Hall–Kier alpha value is -1.30. The standard InChI is InChI=1S/C14H19N3OS/c1-17-11-13(10-16-17)19-14-6-4-3-5-12(14)9-15-7-8-18-2/h3-6,10-11,15H,7-9H2,1-2H3. The van der Waals surface area contributed by atoms with E-state index in [1.165, 1.54) is 10.5 Å². The molecule has 5 heteroatoms. The lowest BCUT2D eigenvalue weighted by atomic mass is 10.2. The van der Waals surface area contributed by atoms with E-state index in [0.717, 1.165) is 24.6 Å². The lowest BCUT2D eigenvalue weighted by Gasteiger charge is -2.09. The van der Waals surface area contributed by atoms with Crippen molar-refractivity contribution in [3.63, 3.8) is 0 Å². The summed E-state index contributed by atoms with van der Waals surface area (Å²) in [7, 11) is 3.65. The molecule has 1 aromatic carbocycles. The summed E-state index contributed by atoms with van der Waals surface area (Å²) in [6.07, 6.45) is 3.92. The van der Waals surface area contributed by atoms with Crippen LogP contribution in [0.15, 0.2) is 46.5 Å². The van der Waals surface area contributed by atoms with Gasteiger partial charge in [-0.05, 0) is 11.6 Å². The summed E-state index contributed by atoms with van der Waals surface area (Å²) < 4.78 is 6.85. The van der Waals surface area contributed by atoms with Gasteiger partial charge in [0.2, 0.25) is 0 Å². The van der Waals surface area contributed by atoms with Gasteiger partial charge in [0, 0.05) is 38.3 Å². The highest BCUT2D eigenvalue weighted by atomic mass is 32.2. The van der Waals surface area contributed by atoms with E-state index in [1.807, 2.05) is 24.1 Å². The number of hydrogen-bond donors (Lipinski definition) is 1. The molecule has 0 aliphatic heterocycles. The van der Waals surface area contributed by atoms with Crippen LogP contribution in [0, 0.1) is 0 Å². The van der Waals surface area contributed by atoms with Gasteiger partial charge in [-0.1, -0.05) is 30.0 Å². The fourth-order valence-corrected chi connectivity index (χ4v) is 2.70. The average molecular weight is 277 g/mol. The van der Waals surface area contributed by atoms with Crippen molar-refractivity contribution < 1.29 is 4.74 Å². The van der Waals surface area contributed by atoms with Crippen LogP contribution in [0.1, 0.15) is 5.56 Å². The molecule has 0 amide bonds. The first-order valence-corrected chi connectivity index (χ1v) is 7.05. The molecule has 2 aromatic rings. The molecular formula is C14H19N3OS. The lowest BCUT2D eigenvalue weighted by molar-refractivity contribution is 0.199. The highest BCUT2D eigenvalue weighted by Crippen LogP contribution is 2.29. The Kier molecular flexibility index (Phi) is 5.44. The van der Waals surface area contributed by atoms with Crippen molar-refractivity contribution in [1.82, 2.24) is 15.1 Å². The van der Waals surface area contributed by atoms with Gasteiger partial charge in [0.05, 0.1) is 17.7 Å². The molecule has 0 aliphatic rings. The normalized spacial score (nSPS) is 10.8. The molecule has 0 unspecified atom stereocenters. The zero-order valence-corrected chi connectivity index (χ0v) is 12.1. The molecular weight excluding hydrogens is 258 g/mol. The Morgan fingerprint density at radius 2 is 2.21 bits per heavy atom. The first-order chi connectivity index (χ1) is 9.29. The number of rotatable bonds is 7. The number of aromatic nitrogens is 2. The van der Waals surface area contributed by atoms with Gasteiger partial charge in [0.25, 0.3) is 0 Å². The molecule has 0 saturated carbocycles. The van der Waals surface area contributed by atoms with Crippen LogP contribution in [0.25, 0.3) is 0 Å². The van der Waals surface area contributed by atoms with Gasteiger partial charge >= 0.3 is 0 Å². The van der Waals surface area contributed by atoms with E-state index in [2.05, 4.69) is 34.7 Å². The Morgan fingerprint density at radius 1 is 1.37 bits per heavy atom. The maximum atomic E-state index is 5.03. The number of hydrogen-bond acceptors (Lipinski definition) is 4. The molecule has 2 rings (SSSR count). The summed E-state index contributed by atoms with van der Waals surface area (Å²) >= 11 is 1.74. The highest BCUT2D eigenvalue weighted by Gasteiger charge is 2.05. The van der Waals surface area contributed by atoms with E-state index >= 15 is 0 Å². The van der Waals surface area contributed by atoms with Crippen LogP contribution >= 0.6 is 11.8 Å². The van der Waals surface area contributed by atoms with Gasteiger partial charge in [0.1, 0.15) is 0 Å². The maximum Gasteiger partial charge on any atom is 0.0629 e. The first-order valence-electron chi connectivity index (χ1n) is 6.23. The van der Waals surface area contributed by atoms with E-state index in [9.17, 15) is 0 Å². The third-order valence-electron chi connectivity index (χ3n) is 2.68. The molecule has 0 fully saturated rings. The minimum Gasteiger partial charge on any atom is -0.383 e. The number of methoxy groups -OCH3 is 1. The monoisotopic (exact) mass is 277 g/mol. The van der Waals surface area contributed by atoms with Gasteiger partial charge < -0.3 is 10.1 Å². The van der Waals surface area contributed by atoms with E-state index < -0.39 is 0 Å². The van der Waals surface area contributed by atoms with E-state index in [4.69, 9.17) is 4.74 Å². The average Bonchev–Trinajstić information content (AvgIpc) is 2.82. The van der Waals surface area contributed by atoms with E-state index in [0.29, 0.717) is 0 Å². The Bertz CT molecular complexity index is 513. The van der Waals surface area contributed by atoms with Crippen LogP contribution in [0.3, 0.4) is 0 Å². The van der Waals surface area contributed by atoms with Crippen LogP contribution in [0.2, 0.25) is 0 Å². The van der Waals surface area contributed by atoms with Gasteiger partial charge in [-0.15, -0.1) is 0 Å². The van der Waals surface area contributed by atoms with Crippen molar-refractivity contribution in [2.45, 2.75) is 16.3 Å². The van der Waals surface area contributed by atoms with Gasteiger partial charge in [0.15, 0.2) is 0 Å². The fraction of sp³-hybridized carbons (Fsp3) is 0.357. The zero-order valence-electron chi connectivity index (χ0n) is 11.3. The molecule has 0 bridgehead atoms. The summed E-state index contributed by atoms with van der Waals surface area (Å²) in [5.74, 6) is 0. The van der Waals surface area contributed by atoms with Crippen LogP contribution in [-0.4, -0.2) is 30.0 Å². The molecule has 0 atom stereocenters. The molecule has 0 radical (unpaired) electrons. The second-order valence-corrected chi connectivity index (χ2v) is 5.34. The van der Waals surface area contributed by atoms with Crippen LogP contribution in [0.4, 0.5) is 0 Å². The van der Waals surface area contributed by atoms with Crippen LogP contribution < -0.4 is 5.32 Å². The quantitative estimate of drug-likeness (QED) is 0.788. The molecule has 0 saturated heterocycles. The van der Waals surface area contributed by atoms with Crippen LogP contribution in [-0.2, 0) is 18.3 Å². The predicted octanol–water partition coefficient (Wildman–Crippen LogP) is 2.31. The Labute approximate surface area is 118 Å². The fourth-order valence-electron chi connectivity index (χ4n) is 1.73. The van der Waals surface area contributed by atoms with Crippen molar-refractivity contribution in [1.29, 1.82) is 0 Å². The maximum absolute atomic E-state index is 5.03. The summed E-state index contributed by atoms with van der Waals surface area (Å²) in [5.41, 5.74) is 1.30. The zero-order chi connectivity index (χ0) is 13.5. The molecule has 1 heterocycles. The minimum atomic E-state index is 0.734. The van der Waals surface area contributed by atoms with Gasteiger partial charge in [-0.2, -0.15) is 5.10 Å². The molecule has 1 N–H and O–H groups in total. The Morgan fingerprint density at radius 3 is 2.95 bits per heavy atom. The molecule has 19 heavy (non-hydrogen) atoms. The lowest BCUT2D eigenvalue weighted by Crippen LogP contribution is -2.18. The van der Waals surface area contributed by atoms with Gasteiger partial charge in [-0.25, -0.2) is 0 Å². The summed E-state index contributed by atoms with van der Waals surface area (Å²) in [6, 6.07) is 8.43. The summed E-state index contributed by atoms with van der Waals surface area (Å²) in [6.45, 7) is 2.45. The summed E-state index contributed by atoms with van der Waals surface area (Å²) in [5, 5.41) is 7.57. The first kappa shape index (κ1) is 14.1. The number of ether oxygens (including phenoxy) is 1. The van der Waals surface area contributed by atoms with Crippen molar-refractivity contribution in [2.24, 2.45) is 7.05 Å². The number of nitrogens with one attached hydrogen (secondary N) is 1. The number of aryl methyl sites for hydroxylation is 1. The second-order valence-electron chi connectivity index (χ2n) is 4.23. The smallest absolute Gasteiger partial charge is 0.0629 e. The Balaban J connectivity index is 1.99. The molecule has 0 spiro atoms. The topological polar surface area (TPSA) is 39.1 Å². The van der Waals surface area contributed by atoms with Gasteiger partial charge in [-0.3, -0.25) is 4.68 Å². The predicted molar refractivity (Wildman–Crippen MR) is 77.4 cm³/mol.